The van der Waals surface area contributed by atoms with Crippen LogP contribution in [0.4, 0.5) is 0 Å². The molecular weight excluding hydrogens is 214 g/mol. The van der Waals surface area contributed by atoms with E-state index >= 15 is 0 Å². The van der Waals surface area contributed by atoms with Crippen molar-refractivity contribution in [3.05, 3.63) is 27.4 Å². The predicted molar refractivity (Wildman–Crippen MR) is 68.3 cm³/mol. The number of hydrogen-bond donors (Lipinski definition) is 2. The number of aromatic nitrogens is 2. The van der Waals surface area contributed by atoms with Gasteiger partial charge in [-0.15, -0.1) is 0 Å². The molecule has 0 spiro atoms. The molecule has 0 amide bonds. The topological polar surface area (TPSA) is 71.8 Å². The van der Waals surface area contributed by atoms with Crippen molar-refractivity contribution in [3.63, 3.8) is 0 Å². The molecule has 0 saturated heterocycles. The first kappa shape index (κ1) is 12.3. The maximum Gasteiger partial charge on any atom is 0.254 e. The highest BCUT2D eigenvalue weighted by Gasteiger charge is 2.24. The van der Waals surface area contributed by atoms with Crippen molar-refractivity contribution in [1.29, 1.82) is 0 Å². The lowest BCUT2D eigenvalue weighted by molar-refractivity contribution is 0.398. The highest BCUT2D eigenvalue weighted by atomic mass is 16.1. The van der Waals surface area contributed by atoms with E-state index in [1.54, 1.807) is 0 Å². The monoisotopic (exact) mass is 235 g/mol. The van der Waals surface area contributed by atoms with Gasteiger partial charge in [0, 0.05) is 11.5 Å². The Kier molecular flexibility index (Phi) is 3.62. The first-order valence-corrected chi connectivity index (χ1v) is 6.46. The fraction of sp³-hybridized carbons (Fsp3) is 0.692. The second kappa shape index (κ2) is 5.00. The molecule has 0 atom stereocenters. The van der Waals surface area contributed by atoms with Crippen LogP contribution in [-0.4, -0.2) is 16.5 Å². The number of rotatable bonds is 4. The van der Waals surface area contributed by atoms with E-state index in [2.05, 4.69) is 23.8 Å². The van der Waals surface area contributed by atoms with Crippen LogP contribution in [0.25, 0.3) is 0 Å². The van der Waals surface area contributed by atoms with Crippen LogP contribution < -0.4 is 11.3 Å². The van der Waals surface area contributed by atoms with Crippen LogP contribution in [0.3, 0.4) is 0 Å². The van der Waals surface area contributed by atoms with E-state index in [1.807, 2.05) is 0 Å². The predicted octanol–water partition coefficient (Wildman–Crippen LogP) is 1.66. The Morgan fingerprint density at radius 2 is 2.18 bits per heavy atom. The van der Waals surface area contributed by atoms with Crippen LogP contribution in [0.5, 0.6) is 0 Å². The van der Waals surface area contributed by atoms with Crippen molar-refractivity contribution in [3.8, 4) is 0 Å². The molecule has 1 fully saturated rings. The smallest absolute Gasteiger partial charge is 0.254 e. The molecule has 2 rings (SSSR count). The van der Waals surface area contributed by atoms with Crippen molar-refractivity contribution in [2.75, 3.05) is 6.54 Å². The fourth-order valence-corrected chi connectivity index (χ4v) is 2.27. The number of H-pyrrole nitrogens is 1. The zero-order valence-corrected chi connectivity index (χ0v) is 10.6. The van der Waals surface area contributed by atoms with Gasteiger partial charge >= 0.3 is 0 Å². The SMILES string of the molecule is CC(C)c1nc(C2CCC2)[nH]c(=O)c1CCN. The minimum atomic E-state index is 0.0102. The normalized spacial score (nSPS) is 16.2. The highest BCUT2D eigenvalue weighted by molar-refractivity contribution is 5.22. The molecule has 0 radical (unpaired) electrons. The zero-order chi connectivity index (χ0) is 12.4. The molecule has 4 nitrogen and oxygen atoms in total. The quantitative estimate of drug-likeness (QED) is 0.833. The number of aromatic amines is 1. The van der Waals surface area contributed by atoms with Crippen LogP contribution >= 0.6 is 0 Å². The molecule has 0 unspecified atom stereocenters. The second-order valence-corrected chi connectivity index (χ2v) is 5.14. The molecule has 4 heteroatoms. The van der Waals surface area contributed by atoms with Crippen molar-refractivity contribution >= 4 is 0 Å². The minimum absolute atomic E-state index is 0.0102. The zero-order valence-electron chi connectivity index (χ0n) is 10.6. The molecule has 1 aliphatic carbocycles. The van der Waals surface area contributed by atoms with Gasteiger partial charge in [0.15, 0.2) is 0 Å². The van der Waals surface area contributed by atoms with Gasteiger partial charge in [-0.3, -0.25) is 4.79 Å². The Morgan fingerprint density at radius 1 is 1.47 bits per heavy atom. The van der Waals surface area contributed by atoms with Crippen LogP contribution in [0.15, 0.2) is 4.79 Å². The number of nitrogens with two attached hydrogens (primary N) is 1. The fourth-order valence-electron chi connectivity index (χ4n) is 2.27. The number of hydrogen-bond acceptors (Lipinski definition) is 3. The first-order chi connectivity index (χ1) is 8.13. The van der Waals surface area contributed by atoms with Gasteiger partial charge in [-0.25, -0.2) is 4.98 Å². The maximum absolute atomic E-state index is 12.0. The van der Waals surface area contributed by atoms with Crippen molar-refractivity contribution < 1.29 is 0 Å². The average molecular weight is 235 g/mol. The van der Waals surface area contributed by atoms with Crippen molar-refractivity contribution in [2.45, 2.75) is 51.4 Å². The van der Waals surface area contributed by atoms with Gasteiger partial charge in [-0.1, -0.05) is 20.3 Å². The average Bonchev–Trinajstić information content (AvgIpc) is 2.18. The summed E-state index contributed by atoms with van der Waals surface area (Å²) in [6.45, 7) is 4.64. The van der Waals surface area contributed by atoms with Gasteiger partial charge in [-0.2, -0.15) is 0 Å². The van der Waals surface area contributed by atoms with Gasteiger partial charge in [0.1, 0.15) is 5.82 Å². The minimum Gasteiger partial charge on any atom is -0.330 e. The van der Waals surface area contributed by atoms with Gasteiger partial charge in [0.25, 0.3) is 5.56 Å². The number of nitrogens with one attached hydrogen (secondary N) is 1. The Hall–Kier alpha value is -1.16. The summed E-state index contributed by atoms with van der Waals surface area (Å²) in [7, 11) is 0. The van der Waals surface area contributed by atoms with Crippen LogP contribution in [0, 0.1) is 0 Å². The summed E-state index contributed by atoms with van der Waals surface area (Å²) >= 11 is 0. The lowest BCUT2D eigenvalue weighted by Gasteiger charge is -2.25. The molecule has 1 saturated carbocycles. The lowest BCUT2D eigenvalue weighted by Crippen LogP contribution is -2.26. The highest BCUT2D eigenvalue weighted by Crippen LogP contribution is 2.34. The van der Waals surface area contributed by atoms with E-state index in [-0.39, 0.29) is 11.5 Å². The summed E-state index contributed by atoms with van der Waals surface area (Å²) in [6, 6.07) is 0. The summed E-state index contributed by atoms with van der Waals surface area (Å²) < 4.78 is 0. The summed E-state index contributed by atoms with van der Waals surface area (Å²) in [5.74, 6) is 1.62. The standard InChI is InChI=1S/C13H21N3O/c1-8(2)11-10(6-7-14)13(17)16-12(15-11)9-4-3-5-9/h8-9H,3-7,14H2,1-2H3,(H,15,16,17). The Labute approximate surface area is 102 Å². The maximum atomic E-state index is 12.0. The molecule has 1 aromatic heterocycles. The van der Waals surface area contributed by atoms with Crippen LogP contribution in [0.2, 0.25) is 0 Å². The summed E-state index contributed by atoms with van der Waals surface area (Å²) in [5, 5.41) is 0. The first-order valence-electron chi connectivity index (χ1n) is 6.46. The van der Waals surface area contributed by atoms with Gasteiger partial charge < -0.3 is 10.7 Å². The van der Waals surface area contributed by atoms with Gasteiger partial charge in [-0.05, 0) is 31.7 Å². The molecule has 1 aromatic rings. The van der Waals surface area contributed by atoms with E-state index in [1.165, 1.54) is 6.42 Å². The number of nitrogens with zero attached hydrogens (tertiary/aromatic N) is 1. The lowest BCUT2D eigenvalue weighted by atomic mass is 9.84. The van der Waals surface area contributed by atoms with E-state index in [0.29, 0.717) is 18.9 Å². The summed E-state index contributed by atoms with van der Waals surface area (Å²) in [5.41, 5.74) is 7.26. The molecule has 3 N–H and O–H groups in total. The Balaban J connectivity index is 2.43. The van der Waals surface area contributed by atoms with Crippen LogP contribution in [0.1, 0.15) is 62.0 Å². The Morgan fingerprint density at radius 3 is 2.65 bits per heavy atom. The third-order valence-corrected chi connectivity index (χ3v) is 3.50. The molecule has 0 bridgehead atoms. The Bertz CT molecular complexity index is 446. The van der Waals surface area contributed by atoms with Crippen molar-refractivity contribution in [1.82, 2.24) is 9.97 Å². The second-order valence-electron chi connectivity index (χ2n) is 5.14. The molecule has 17 heavy (non-hydrogen) atoms. The van der Waals surface area contributed by atoms with Gasteiger partial charge in [0.05, 0.1) is 5.69 Å². The molecule has 94 valence electrons. The van der Waals surface area contributed by atoms with E-state index in [9.17, 15) is 4.79 Å². The molecule has 1 heterocycles. The largest absolute Gasteiger partial charge is 0.330 e. The summed E-state index contributed by atoms with van der Waals surface area (Å²) in [6.07, 6.45) is 4.16. The summed E-state index contributed by atoms with van der Waals surface area (Å²) in [4.78, 5) is 19.6. The van der Waals surface area contributed by atoms with E-state index < -0.39 is 0 Å². The third kappa shape index (κ3) is 2.41. The molecule has 0 aromatic carbocycles. The third-order valence-electron chi connectivity index (χ3n) is 3.50. The van der Waals surface area contributed by atoms with E-state index in [4.69, 9.17) is 5.73 Å². The van der Waals surface area contributed by atoms with Crippen LogP contribution in [-0.2, 0) is 6.42 Å². The molecule has 1 aliphatic rings. The van der Waals surface area contributed by atoms with E-state index in [0.717, 1.165) is 29.9 Å². The van der Waals surface area contributed by atoms with Gasteiger partial charge in [0.2, 0.25) is 0 Å². The van der Waals surface area contributed by atoms with Crippen molar-refractivity contribution in [2.24, 2.45) is 5.73 Å². The molecule has 0 aliphatic heterocycles. The molecular formula is C13H21N3O.